The fraction of sp³-hybridized carbons (Fsp3) is 0.250. The maximum Gasteiger partial charge on any atom is 0.143 e. The maximum atomic E-state index is 5.44. The van der Waals surface area contributed by atoms with E-state index in [9.17, 15) is 0 Å². The van der Waals surface area contributed by atoms with Gasteiger partial charge in [-0.15, -0.1) is 11.8 Å². The Morgan fingerprint density at radius 2 is 2.18 bits per heavy atom. The summed E-state index contributed by atoms with van der Waals surface area (Å²) in [5, 5.41) is 4.06. The molecule has 5 heteroatoms. The minimum atomic E-state index is 0.783. The zero-order valence-electron chi connectivity index (χ0n) is 9.78. The lowest BCUT2D eigenvalue weighted by Gasteiger charge is -2.11. The number of nitrogens with zero attached hydrogens (tertiary/aromatic N) is 1. The van der Waals surface area contributed by atoms with E-state index in [0.717, 1.165) is 32.1 Å². The summed E-state index contributed by atoms with van der Waals surface area (Å²) in [5.41, 5.74) is 1.76. The molecule has 0 spiro atoms. The minimum Gasteiger partial charge on any atom is -0.495 e. The number of hydrogen-bond acceptors (Lipinski definition) is 4. The molecular weight excluding hydrogens is 302 g/mol. The third kappa shape index (κ3) is 2.35. The first-order valence-electron chi connectivity index (χ1n) is 5.01. The number of thioether (sulfide) groups is 1. The fourth-order valence-electron chi connectivity index (χ4n) is 1.64. The van der Waals surface area contributed by atoms with Gasteiger partial charge in [-0.1, -0.05) is 5.16 Å². The largest absolute Gasteiger partial charge is 0.495 e. The second-order valence-corrected chi connectivity index (χ2v) is 5.18. The van der Waals surface area contributed by atoms with Gasteiger partial charge in [0.1, 0.15) is 17.2 Å². The van der Waals surface area contributed by atoms with Crippen molar-refractivity contribution >= 4 is 27.7 Å². The average Bonchev–Trinajstić information content (AvgIpc) is 2.75. The van der Waals surface area contributed by atoms with E-state index < -0.39 is 0 Å². The predicted octanol–water partition coefficient (Wildman–Crippen LogP) is 4.14. The van der Waals surface area contributed by atoms with E-state index in [2.05, 4.69) is 21.1 Å². The van der Waals surface area contributed by atoms with Crippen molar-refractivity contribution in [2.24, 2.45) is 0 Å². The molecule has 0 saturated carbocycles. The van der Waals surface area contributed by atoms with Gasteiger partial charge >= 0.3 is 0 Å². The molecule has 17 heavy (non-hydrogen) atoms. The van der Waals surface area contributed by atoms with E-state index in [1.165, 1.54) is 0 Å². The van der Waals surface area contributed by atoms with Crippen molar-refractivity contribution in [2.75, 3.05) is 13.4 Å². The SMILES string of the molecule is COc1c(Br)ccc(SC)c1-c1cc(C)on1. The van der Waals surface area contributed by atoms with Gasteiger partial charge in [0.2, 0.25) is 0 Å². The standard InChI is InChI=1S/C12H12BrNO2S/c1-7-6-9(14-16-7)11-10(17-3)5-4-8(13)12(11)15-2/h4-6H,1-3H3. The molecule has 0 amide bonds. The molecule has 0 aliphatic heterocycles. The zero-order chi connectivity index (χ0) is 12.4. The molecule has 1 heterocycles. The van der Waals surface area contributed by atoms with Crippen molar-refractivity contribution in [1.82, 2.24) is 5.16 Å². The smallest absolute Gasteiger partial charge is 0.143 e. The number of aromatic nitrogens is 1. The van der Waals surface area contributed by atoms with Crippen LogP contribution in [0, 0.1) is 6.92 Å². The average molecular weight is 314 g/mol. The van der Waals surface area contributed by atoms with Gasteiger partial charge in [-0.05, 0) is 41.2 Å². The highest BCUT2D eigenvalue weighted by atomic mass is 79.9. The molecule has 0 atom stereocenters. The molecule has 0 saturated heterocycles. The van der Waals surface area contributed by atoms with Crippen LogP contribution in [0.1, 0.15) is 5.76 Å². The third-order valence-corrected chi connectivity index (χ3v) is 3.78. The molecule has 0 bridgehead atoms. The number of benzene rings is 1. The van der Waals surface area contributed by atoms with Crippen LogP contribution >= 0.6 is 27.7 Å². The summed E-state index contributed by atoms with van der Waals surface area (Å²) in [6, 6.07) is 5.92. The summed E-state index contributed by atoms with van der Waals surface area (Å²) in [5.74, 6) is 1.57. The van der Waals surface area contributed by atoms with Crippen LogP contribution in [-0.2, 0) is 0 Å². The van der Waals surface area contributed by atoms with E-state index >= 15 is 0 Å². The van der Waals surface area contributed by atoms with Crippen molar-refractivity contribution in [1.29, 1.82) is 0 Å². The van der Waals surface area contributed by atoms with Gasteiger partial charge in [0.05, 0.1) is 17.1 Å². The normalized spacial score (nSPS) is 10.6. The van der Waals surface area contributed by atoms with Crippen molar-refractivity contribution in [3.05, 3.63) is 28.4 Å². The number of methoxy groups -OCH3 is 1. The lowest BCUT2D eigenvalue weighted by atomic mass is 10.1. The van der Waals surface area contributed by atoms with Gasteiger partial charge < -0.3 is 9.26 Å². The van der Waals surface area contributed by atoms with E-state index in [4.69, 9.17) is 9.26 Å². The Kier molecular flexibility index (Phi) is 3.79. The van der Waals surface area contributed by atoms with E-state index in [-0.39, 0.29) is 0 Å². The molecule has 2 aromatic rings. The molecular formula is C12H12BrNO2S. The lowest BCUT2D eigenvalue weighted by Crippen LogP contribution is -1.92. The summed E-state index contributed by atoms with van der Waals surface area (Å²) in [7, 11) is 1.65. The summed E-state index contributed by atoms with van der Waals surface area (Å²) in [6.07, 6.45) is 2.03. The van der Waals surface area contributed by atoms with Crippen molar-refractivity contribution in [2.45, 2.75) is 11.8 Å². The van der Waals surface area contributed by atoms with Crippen molar-refractivity contribution < 1.29 is 9.26 Å². The molecule has 0 radical (unpaired) electrons. The monoisotopic (exact) mass is 313 g/mol. The van der Waals surface area contributed by atoms with Crippen LogP contribution in [0.25, 0.3) is 11.3 Å². The quantitative estimate of drug-likeness (QED) is 0.798. The third-order valence-electron chi connectivity index (χ3n) is 2.38. The molecule has 3 nitrogen and oxygen atoms in total. The van der Waals surface area contributed by atoms with Crippen LogP contribution in [0.2, 0.25) is 0 Å². The van der Waals surface area contributed by atoms with E-state index in [1.54, 1.807) is 18.9 Å². The number of rotatable bonds is 3. The Morgan fingerprint density at radius 1 is 1.41 bits per heavy atom. The van der Waals surface area contributed by atoms with Crippen LogP contribution in [0.15, 0.2) is 32.1 Å². The van der Waals surface area contributed by atoms with Crippen molar-refractivity contribution in [3.63, 3.8) is 0 Å². The van der Waals surface area contributed by atoms with Crippen molar-refractivity contribution in [3.8, 4) is 17.0 Å². The van der Waals surface area contributed by atoms with Crippen LogP contribution in [0.4, 0.5) is 0 Å². The molecule has 0 unspecified atom stereocenters. The van der Waals surface area contributed by atoms with Gasteiger partial charge in [0.25, 0.3) is 0 Å². The Morgan fingerprint density at radius 3 is 2.71 bits per heavy atom. The molecule has 90 valence electrons. The van der Waals surface area contributed by atoms with E-state index in [1.807, 2.05) is 31.4 Å². The minimum absolute atomic E-state index is 0.783. The Balaban J connectivity index is 2.68. The number of hydrogen-bond donors (Lipinski definition) is 0. The highest BCUT2D eigenvalue weighted by Crippen LogP contribution is 2.42. The van der Waals surface area contributed by atoms with Crippen LogP contribution in [0.3, 0.4) is 0 Å². The summed E-state index contributed by atoms with van der Waals surface area (Å²) < 4.78 is 11.5. The second kappa shape index (κ2) is 5.14. The first-order chi connectivity index (χ1) is 8.17. The molecule has 0 aliphatic rings. The Bertz CT molecular complexity index is 539. The Labute approximate surface area is 113 Å². The van der Waals surface area contributed by atoms with Gasteiger partial charge in [-0.25, -0.2) is 0 Å². The highest BCUT2D eigenvalue weighted by Gasteiger charge is 2.17. The molecule has 1 aromatic heterocycles. The number of aryl methyl sites for hydroxylation is 1. The number of ether oxygens (including phenoxy) is 1. The highest BCUT2D eigenvalue weighted by molar-refractivity contribution is 9.10. The summed E-state index contributed by atoms with van der Waals surface area (Å²) in [4.78, 5) is 1.11. The van der Waals surface area contributed by atoms with Gasteiger partial charge in [-0.3, -0.25) is 0 Å². The van der Waals surface area contributed by atoms with Crippen LogP contribution in [-0.4, -0.2) is 18.5 Å². The second-order valence-electron chi connectivity index (χ2n) is 3.48. The topological polar surface area (TPSA) is 35.3 Å². The van der Waals surface area contributed by atoms with Crippen LogP contribution in [0.5, 0.6) is 5.75 Å². The molecule has 0 aliphatic carbocycles. The Hall–Kier alpha value is -0.940. The molecule has 2 rings (SSSR count). The van der Waals surface area contributed by atoms with Gasteiger partial charge in [0.15, 0.2) is 0 Å². The number of halogens is 1. The maximum absolute atomic E-state index is 5.44. The molecule has 1 aromatic carbocycles. The predicted molar refractivity (Wildman–Crippen MR) is 72.7 cm³/mol. The molecule has 0 fully saturated rings. The zero-order valence-corrected chi connectivity index (χ0v) is 12.2. The first kappa shape index (κ1) is 12.5. The van der Waals surface area contributed by atoms with Crippen LogP contribution < -0.4 is 4.74 Å². The molecule has 0 N–H and O–H groups in total. The lowest BCUT2D eigenvalue weighted by molar-refractivity contribution is 0.396. The fourth-order valence-corrected chi connectivity index (χ4v) is 2.73. The summed E-state index contributed by atoms with van der Waals surface area (Å²) in [6.45, 7) is 1.87. The summed E-state index contributed by atoms with van der Waals surface area (Å²) >= 11 is 5.14. The first-order valence-corrected chi connectivity index (χ1v) is 7.03. The van der Waals surface area contributed by atoms with Gasteiger partial charge in [0, 0.05) is 11.0 Å². The van der Waals surface area contributed by atoms with E-state index in [0.29, 0.717) is 0 Å². The van der Waals surface area contributed by atoms with Gasteiger partial charge in [-0.2, -0.15) is 0 Å².